The van der Waals surface area contributed by atoms with Gasteiger partial charge < -0.3 is 5.32 Å². The van der Waals surface area contributed by atoms with Crippen LogP contribution < -0.4 is 5.32 Å². The third-order valence-electron chi connectivity index (χ3n) is 3.95. The van der Waals surface area contributed by atoms with Crippen LogP contribution in [0.3, 0.4) is 0 Å². The van der Waals surface area contributed by atoms with Gasteiger partial charge in [0.15, 0.2) is 0 Å². The van der Waals surface area contributed by atoms with E-state index < -0.39 is 0 Å². The Kier molecular flexibility index (Phi) is 4.89. The van der Waals surface area contributed by atoms with Crippen molar-refractivity contribution in [2.45, 2.75) is 40.4 Å². The lowest BCUT2D eigenvalue weighted by Crippen LogP contribution is -2.18. The molecule has 132 valence electrons. The van der Waals surface area contributed by atoms with Crippen molar-refractivity contribution in [3.05, 3.63) is 46.8 Å². The predicted molar refractivity (Wildman–Crippen MR) is 94.6 cm³/mol. The smallest absolute Gasteiger partial charge is 0.246 e. The van der Waals surface area contributed by atoms with Crippen molar-refractivity contribution in [1.82, 2.24) is 29.3 Å². The Hall–Kier alpha value is -2.61. The van der Waals surface area contributed by atoms with Crippen molar-refractivity contribution in [1.29, 1.82) is 0 Å². The monoisotopic (exact) mass is 361 g/mol. The third-order valence-corrected chi connectivity index (χ3v) is 4.32. The topological polar surface area (TPSA) is 82.6 Å². The summed E-state index contributed by atoms with van der Waals surface area (Å²) in [4.78, 5) is 12.1. The molecule has 0 saturated carbocycles. The Morgan fingerprint density at radius 2 is 2.00 bits per heavy atom. The first-order valence-electron chi connectivity index (χ1n) is 7.99. The van der Waals surface area contributed by atoms with Crippen LogP contribution in [0.25, 0.3) is 0 Å². The highest BCUT2D eigenvalue weighted by Crippen LogP contribution is 2.13. The first-order chi connectivity index (χ1) is 12.0. The van der Waals surface area contributed by atoms with Crippen molar-refractivity contribution < 1.29 is 4.79 Å². The van der Waals surface area contributed by atoms with Gasteiger partial charge in [0.2, 0.25) is 5.91 Å². The van der Waals surface area contributed by atoms with Crippen molar-refractivity contribution >= 4 is 23.2 Å². The van der Waals surface area contributed by atoms with E-state index in [1.165, 1.54) is 4.68 Å². The fourth-order valence-electron chi connectivity index (χ4n) is 2.57. The molecule has 0 spiro atoms. The number of halogens is 1. The van der Waals surface area contributed by atoms with Crippen LogP contribution in [0.15, 0.2) is 24.8 Å². The highest BCUT2D eigenvalue weighted by Gasteiger charge is 2.10. The molecule has 9 heteroatoms. The van der Waals surface area contributed by atoms with Crippen LogP contribution in [-0.2, 0) is 24.4 Å². The Balaban J connectivity index is 1.61. The highest BCUT2D eigenvalue weighted by molar-refractivity contribution is 6.31. The van der Waals surface area contributed by atoms with E-state index in [1.54, 1.807) is 30.2 Å². The van der Waals surface area contributed by atoms with E-state index in [2.05, 4.69) is 27.5 Å². The first kappa shape index (κ1) is 17.2. The maximum Gasteiger partial charge on any atom is 0.246 e. The van der Waals surface area contributed by atoms with E-state index >= 15 is 0 Å². The fourth-order valence-corrected chi connectivity index (χ4v) is 2.72. The number of rotatable bonds is 6. The molecule has 0 saturated heterocycles. The van der Waals surface area contributed by atoms with Gasteiger partial charge in [0, 0.05) is 30.2 Å². The lowest BCUT2D eigenvalue weighted by atomic mass is 10.2. The third kappa shape index (κ3) is 3.90. The van der Waals surface area contributed by atoms with Gasteiger partial charge in [-0.15, -0.1) is 0 Å². The number of aryl methyl sites for hydroxylation is 2. The standard InChI is InChI=1S/C16H20ClN7O/c1-4-24-12(3)13(5-19-24)7-22-8-14(6-18-22)20-16(25)10-23-9-15(17)11(2)21-23/h5-6,8-9H,4,7,10H2,1-3H3,(H,20,25). The summed E-state index contributed by atoms with van der Waals surface area (Å²) in [6.45, 7) is 7.43. The van der Waals surface area contributed by atoms with E-state index in [9.17, 15) is 4.79 Å². The van der Waals surface area contributed by atoms with Gasteiger partial charge >= 0.3 is 0 Å². The molecule has 3 aromatic heterocycles. The van der Waals surface area contributed by atoms with Crippen molar-refractivity contribution in [3.63, 3.8) is 0 Å². The van der Waals surface area contributed by atoms with E-state index in [0.717, 1.165) is 17.8 Å². The summed E-state index contributed by atoms with van der Waals surface area (Å²) in [5, 5.41) is 16.1. The molecule has 0 aliphatic rings. The van der Waals surface area contributed by atoms with Gasteiger partial charge in [-0.1, -0.05) is 11.6 Å². The molecule has 0 aliphatic heterocycles. The van der Waals surface area contributed by atoms with Crippen molar-refractivity contribution in [2.75, 3.05) is 5.32 Å². The number of amides is 1. The molecule has 8 nitrogen and oxygen atoms in total. The minimum atomic E-state index is -0.186. The van der Waals surface area contributed by atoms with Gasteiger partial charge in [0.05, 0.1) is 35.3 Å². The maximum atomic E-state index is 12.1. The first-order valence-corrected chi connectivity index (χ1v) is 8.37. The Morgan fingerprint density at radius 1 is 1.20 bits per heavy atom. The molecule has 25 heavy (non-hydrogen) atoms. The Bertz CT molecular complexity index is 873. The summed E-state index contributed by atoms with van der Waals surface area (Å²) in [5.74, 6) is -0.186. The summed E-state index contributed by atoms with van der Waals surface area (Å²) in [7, 11) is 0. The second-order valence-corrected chi connectivity index (χ2v) is 6.21. The van der Waals surface area contributed by atoms with Gasteiger partial charge in [0.1, 0.15) is 6.54 Å². The van der Waals surface area contributed by atoms with Crippen LogP contribution in [0.1, 0.15) is 23.9 Å². The van der Waals surface area contributed by atoms with Crippen molar-refractivity contribution in [2.24, 2.45) is 0 Å². The molecule has 0 bridgehead atoms. The van der Waals surface area contributed by atoms with E-state index in [1.807, 2.05) is 17.8 Å². The highest BCUT2D eigenvalue weighted by atomic mass is 35.5. The number of anilines is 1. The molecule has 1 N–H and O–H groups in total. The minimum absolute atomic E-state index is 0.0983. The lowest BCUT2D eigenvalue weighted by Gasteiger charge is -2.03. The average molecular weight is 362 g/mol. The van der Waals surface area contributed by atoms with Crippen LogP contribution in [0.4, 0.5) is 5.69 Å². The summed E-state index contributed by atoms with van der Waals surface area (Å²) in [5.41, 5.74) is 3.56. The molecule has 3 rings (SSSR count). The van der Waals surface area contributed by atoms with Gasteiger partial charge in [-0.2, -0.15) is 15.3 Å². The minimum Gasteiger partial charge on any atom is -0.322 e. The van der Waals surface area contributed by atoms with Gasteiger partial charge in [-0.3, -0.25) is 18.8 Å². The van der Waals surface area contributed by atoms with Crippen molar-refractivity contribution in [3.8, 4) is 0 Å². The van der Waals surface area contributed by atoms with Crippen LogP contribution in [0, 0.1) is 13.8 Å². The van der Waals surface area contributed by atoms with E-state index in [-0.39, 0.29) is 12.5 Å². The zero-order valence-electron chi connectivity index (χ0n) is 14.4. The second kappa shape index (κ2) is 7.10. The van der Waals surface area contributed by atoms with Gasteiger partial charge in [-0.25, -0.2) is 0 Å². The molecule has 0 atom stereocenters. The van der Waals surface area contributed by atoms with Crippen LogP contribution in [-0.4, -0.2) is 35.2 Å². The molecular weight excluding hydrogens is 342 g/mol. The number of aromatic nitrogens is 6. The fraction of sp³-hybridized carbons (Fsp3) is 0.375. The lowest BCUT2D eigenvalue weighted by molar-refractivity contribution is -0.116. The number of nitrogens with one attached hydrogen (secondary N) is 1. The molecule has 1 amide bonds. The summed E-state index contributed by atoms with van der Waals surface area (Å²) < 4.78 is 5.23. The molecule has 0 aromatic carbocycles. The predicted octanol–water partition coefficient (Wildman–Crippen LogP) is 2.25. The molecule has 0 unspecified atom stereocenters. The molecule has 0 radical (unpaired) electrons. The number of carbonyl (C=O) groups is 1. The van der Waals surface area contributed by atoms with Crippen LogP contribution in [0.2, 0.25) is 5.02 Å². The summed E-state index contributed by atoms with van der Waals surface area (Å²) in [6.07, 6.45) is 6.90. The zero-order chi connectivity index (χ0) is 18.0. The van der Waals surface area contributed by atoms with Crippen LogP contribution in [0.5, 0.6) is 0 Å². The zero-order valence-corrected chi connectivity index (χ0v) is 15.2. The average Bonchev–Trinajstić information content (AvgIpc) is 3.22. The summed E-state index contributed by atoms with van der Waals surface area (Å²) in [6, 6.07) is 0. The normalized spacial score (nSPS) is 11.0. The molecule has 0 aliphatic carbocycles. The number of nitrogens with zero attached hydrogens (tertiary/aromatic N) is 6. The van der Waals surface area contributed by atoms with Gasteiger partial charge in [0.25, 0.3) is 0 Å². The summed E-state index contributed by atoms with van der Waals surface area (Å²) >= 11 is 5.94. The number of hydrogen-bond donors (Lipinski definition) is 1. The maximum absolute atomic E-state index is 12.1. The second-order valence-electron chi connectivity index (χ2n) is 5.81. The Labute approximate surface area is 150 Å². The Morgan fingerprint density at radius 3 is 2.64 bits per heavy atom. The quantitative estimate of drug-likeness (QED) is 0.730. The number of hydrogen-bond acceptors (Lipinski definition) is 4. The molecule has 3 heterocycles. The molecule has 0 fully saturated rings. The largest absolute Gasteiger partial charge is 0.322 e. The van der Waals surface area contributed by atoms with Gasteiger partial charge in [-0.05, 0) is 20.8 Å². The number of carbonyl (C=O) groups excluding carboxylic acids is 1. The van der Waals surface area contributed by atoms with E-state index in [4.69, 9.17) is 11.6 Å². The molecular formula is C16H20ClN7O. The van der Waals surface area contributed by atoms with Crippen LogP contribution >= 0.6 is 11.6 Å². The van der Waals surface area contributed by atoms with E-state index in [0.29, 0.717) is 22.9 Å². The molecule has 3 aromatic rings. The SMILES string of the molecule is CCn1ncc(Cn2cc(NC(=O)Cn3cc(Cl)c(C)n3)cn2)c1C.